The average Bonchev–Trinajstić information content (AvgIpc) is 3.46. The molecule has 4 heteroatoms. The van der Waals surface area contributed by atoms with Crippen molar-refractivity contribution in [3.8, 4) is 0 Å². The van der Waals surface area contributed by atoms with Gasteiger partial charge in [0.05, 0.1) is 15.2 Å². The summed E-state index contributed by atoms with van der Waals surface area (Å²) in [7, 11) is 1.78. The monoisotopic (exact) mass is 535 g/mol. The summed E-state index contributed by atoms with van der Waals surface area (Å²) in [6.45, 7) is 2.35. The number of hydrogen-bond donors (Lipinski definition) is 0. The first kappa shape index (κ1) is 27.4. The fraction of sp³-hybridized carbons (Fsp3) is 0.139. The second kappa shape index (κ2) is 14.3. The molecule has 5 rings (SSSR count). The number of rotatable bonds is 12. The van der Waals surface area contributed by atoms with Gasteiger partial charge < -0.3 is 4.57 Å². The van der Waals surface area contributed by atoms with Crippen molar-refractivity contribution in [2.24, 2.45) is 5.92 Å². The number of allylic oxidation sites excluding steroid dienone is 1. The normalized spacial score (nSPS) is 12.9. The molecule has 0 aliphatic heterocycles. The largest absolute Gasteiger partial charge is 0.346 e. The van der Waals surface area contributed by atoms with E-state index in [1.165, 1.54) is 22.3 Å². The van der Waals surface area contributed by atoms with E-state index in [1.54, 1.807) is 0 Å². The van der Waals surface area contributed by atoms with Gasteiger partial charge in [-0.2, -0.15) is 0 Å². The van der Waals surface area contributed by atoms with E-state index in [0.717, 1.165) is 23.8 Å². The highest BCUT2D eigenvalue weighted by Gasteiger charge is 2.16. The first-order valence-corrected chi connectivity index (χ1v) is 16.0. The minimum absolute atomic E-state index is 0.409. The summed E-state index contributed by atoms with van der Waals surface area (Å²) >= 11 is 0. The maximum atomic E-state index is 4.71. The highest BCUT2D eigenvalue weighted by Crippen LogP contribution is 2.31. The van der Waals surface area contributed by atoms with Crippen LogP contribution in [0.25, 0.3) is 11.5 Å². The van der Waals surface area contributed by atoms with Crippen LogP contribution in [0.5, 0.6) is 0 Å². The van der Waals surface area contributed by atoms with Gasteiger partial charge in [0, 0.05) is 24.5 Å². The second-order valence-corrected chi connectivity index (χ2v) is 11.8. The Balaban J connectivity index is 1.23. The molecule has 1 unspecified atom stereocenters. The minimum Gasteiger partial charge on any atom is -0.346 e. The third-order valence-corrected chi connectivity index (χ3v) is 8.62. The number of benzene rings is 4. The molecule has 0 N–H and O–H groups in total. The van der Waals surface area contributed by atoms with Crippen LogP contribution < -0.4 is 5.72 Å². The fourth-order valence-electron chi connectivity index (χ4n) is 5.18. The van der Waals surface area contributed by atoms with Gasteiger partial charge in [-0.3, -0.25) is 4.98 Å². The lowest BCUT2D eigenvalue weighted by molar-refractivity contribution is 0.590. The summed E-state index contributed by atoms with van der Waals surface area (Å²) in [5, 5.41) is 0. The zero-order valence-corrected chi connectivity index (χ0v) is 24.6. The van der Waals surface area contributed by atoms with Crippen LogP contribution in [0.2, 0.25) is 0 Å². The van der Waals surface area contributed by atoms with Crippen molar-refractivity contribution in [1.29, 1.82) is 0 Å². The molecule has 0 aliphatic carbocycles. The molecule has 197 valence electrons. The summed E-state index contributed by atoms with van der Waals surface area (Å²) < 4.78 is 2.31. The van der Waals surface area contributed by atoms with E-state index < -0.39 is 9.52 Å². The Kier molecular flexibility index (Phi) is 9.80. The van der Waals surface area contributed by atoms with Gasteiger partial charge in [-0.25, -0.2) is 0 Å². The summed E-state index contributed by atoms with van der Waals surface area (Å²) in [5.74, 6) is 0.914. The molecule has 0 aliphatic rings. The lowest BCUT2D eigenvalue weighted by Crippen LogP contribution is -2.28. The zero-order chi connectivity index (χ0) is 27.4. The minimum atomic E-state index is -0.432. The molecule has 40 heavy (non-hydrogen) atoms. The van der Waals surface area contributed by atoms with Gasteiger partial charge in [-0.05, 0) is 34.6 Å². The van der Waals surface area contributed by atoms with Crippen LogP contribution in [-0.2, 0) is 6.17 Å². The predicted molar refractivity (Wildman–Crippen MR) is 175 cm³/mol. The van der Waals surface area contributed by atoms with Crippen LogP contribution in [0, 0.1) is 5.92 Å². The fourth-order valence-corrected chi connectivity index (χ4v) is 6.65. The summed E-state index contributed by atoms with van der Waals surface area (Å²) in [4.78, 5) is 4.71. The van der Waals surface area contributed by atoms with Gasteiger partial charge in [0.25, 0.3) is 0 Å². The van der Waals surface area contributed by atoms with Crippen molar-refractivity contribution in [3.63, 3.8) is 0 Å². The summed E-state index contributed by atoms with van der Waals surface area (Å²) in [5.41, 5.74) is 9.81. The number of imidazole rings is 1. The van der Waals surface area contributed by atoms with E-state index >= 15 is 0 Å². The first-order valence-electron chi connectivity index (χ1n) is 14.2. The second-order valence-electron chi connectivity index (χ2n) is 10.3. The molecule has 2 nitrogen and oxygen atoms in total. The van der Waals surface area contributed by atoms with Crippen LogP contribution >= 0.6 is 0 Å². The van der Waals surface area contributed by atoms with Crippen LogP contribution in [-0.4, -0.2) is 26.4 Å². The average molecular weight is 536 g/mol. The Hall–Kier alpha value is -4.15. The van der Waals surface area contributed by atoms with Crippen LogP contribution in [0.15, 0.2) is 145 Å². The molecule has 0 spiro atoms. The first-order chi connectivity index (χ1) is 19.8. The third-order valence-electron chi connectivity index (χ3n) is 7.27. The van der Waals surface area contributed by atoms with E-state index in [0.29, 0.717) is 11.8 Å². The molecule has 0 fully saturated rings. The van der Waals surface area contributed by atoms with E-state index in [2.05, 4.69) is 164 Å². The maximum absolute atomic E-state index is 4.71. The zero-order valence-electron chi connectivity index (χ0n) is 23.2. The van der Waals surface area contributed by atoms with Gasteiger partial charge in [-0.15, -0.1) is 5.70 Å². The number of hydrogen-bond acceptors (Lipinski definition) is 1. The quantitative estimate of drug-likeness (QED) is 0.125. The maximum Gasteiger partial charge on any atom is 0.241 e. The topological polar surface area (TPSA) is 17.8 Å². The third kappa shape index (κ3) is 7.71. The number of aromatic nitrogens is 2. The van der Waals surface area contributed by atoms with Crippen molar-refractivity contribution in [3.05, 3.63) is 168 Å². The van der Waals surface area contributed by atoms with Crippen LogP contribution in [0.1, 0.15) is 41.5 Å². The van der Waals surface area contributed by atoms with E-state index in [4.69, 9.17) is 4.98 Å². The molecule has 1 aromatic heterocycles. The Morgan fingerprint density at radius 3 is 2.00 bits per heavy atom. The molecular weight excluding hydrogens is 499 g/mol. The van der Waals surface area contributed by atoms with Gasteiger partial charge >= 0.3 is 0 Å². The Morgan fingerprint density at radius 1 is 0.800 bits per heavy atom. The molecule has 1 heterocycles. The molecule has 1 atom stereocenters. The molecule has 0 amide bonds. The standard InChI is InChI=1S/C36H36BN2Si/c1-29(26-34(31-16-8-3-9-17-31)32-18-10-4-11-19-32)22-25-40-28-39-24-23-38-36(39)37-35(33-20-12-5-13-21-33)27-30-14-6-2-7-15-30/h2-25,27,29,34H,26,28,40H2,1H3. The van der Waals surface area contributed by atoms with Crippen LogP contribution in [0.4, 0.5) is 0 Å². The van der Waals surface area contributed by atoms with Gasteiger partial charge in [0.2, 0.25) is 7.28 Å². The highest BCUT2D eigenvalue weighted by molar-refractivity contribution is 6.73. The van der Waals surface area contributed by atoms with Gasteiger partial charge in [-0.1, -0.05) is 146 Å². The smallest absolute Gasteiger partial charge is 0.241 e. The van der Waals surface area contributed by atoms with E-state index in [9.17, 15) is 0 Å². The van der Waals surface area contributed by atoms with E-state index in [-0.39, 0.29) is 0 Å². The highest BCUT2D eigenvalue weighted by atomic mass is 28.2. The van der Waals surface area contributed by atoms with Crippen molar-refractivity contribution in [2.45, 2.75) is 25.4 Å². The molecule has 0 saturated heterocycles. The Labute approximate surface area is 242 Å². The molecular formula is C36H36BN2Si. The lowest BCUT2D eigenvalue weighted by atomic mass is 9.65. The summed E-state index contributed by atoms with van der Waals surface area (Å²) in [6.07, 6.45) is 10.8. The predicted octanol–water partition coefficient (Wildman–Crippen LogP) is 6.91. The van der Waals surface area contributed by atoms with Crippen molar-refractivity contribution >= 4 is 34.1 Å². The molecule has 5 aromatic rings. The van der Waals surface area contributed by atoms with Crippen molar-refractivity contribution in [2.75, 3.05) is 0 Å². The van der Waals surface area contributed by atoms with Crippen LogP contribution in [0.3, 0.4) is 0 Å². The van der Waals surface area contributed by atoms with Gasteiger partial charge in [0.15, 0.2) is 0 Å². The van der Waals surface area contributed by atoms with E-state index in [1.807, 2.05) is 6.20 Å². The Morgan fingerprint density at radius 2 is 1.38 bits per heavy atom. The molecule has 4 aromatic carbocycles. The molecule has 0 saturated carbocycles. The molecule has 0 bridgehead atoms. The Bertz CT molecular complexity index is 1460. The van der Waals surface area contributed by atoms with Crippen molar-refractivity contribution < 1.29 is 0 Å². The van der Waals surface area contributed by atoms with Crippen molar-refractivity contribution in [1.82, 2.24) is 9.55 Å². The summed E-state index contributed by atoms with van der Waals surface area (Å²) in [6, 6.07) is 42.9. The SMILES string of the molecule is CC(C=C[SiH2]Cn1ccnc1[B]C(=Cc1ccccc1)c1ccccc1)CC(c1ccccc1)c1ccccc1. The van der Waals surface area contributed by atoms with Gasteiger partial charge in [0.1, 0.15) is 0 Å². The number of nitrogens with zero attached hydrogens (tertiary/aromatic N) is 2. The lowest BCUT2D eigenvalue weighted by Gasteiger charge is -2.20. The molecule has 1 radical (unpaired) electrons.